The van der Waals surface area contributed by atoms with E-state index in [0.29, 0.717) is 30.9 Å². The number of amides is 1. The van der Waals surface area contributed by atoms with Crippen LogP contribution < -0.4 is 5.32 Å². The van der Waals surface area contributed by atoms with Gasteiger partial charge in [0.25, 0.3) is 0 Å². The predicted octanol–water partition coefficient (Wildman–Crippen LogP) is 4.93. The summed E-state index contributed by atoms with van der Waals surface area (Å²) in [4.78, 5) is 26.3. The number of hydrogen-bond donors (Lipinski definition) is 1. The van der Waals surface area contributed by atoms with Crippen LogP contribution >= 0.6 is 0 Å². The van der Waals surface area contributed by atoms with E-state index in [2.05, 4.69) is 10.00 Å². The summed E-state index contributed by atoms with van der Waals surface area (Å²) in [5, 5.41) is 8.52. The smallest absolute Gasteiger partial charge is 0.311 e. The lowest BCUT2D eigenvalue weighted by Gasteiger charge is -2.33. The van der Waals surface area contributed by atoms with Gasteiger partial charge in [-0.15, -0.1) is 0 Å². The second-order valence-corrected chi connectivity index (χ2v) is 12.0. The molecule has 2 unspecified atom stereocenters. The van der Waals surface area contributed by atoms with E-state index in [1.807, 2.05) is 20.8 Å². The van der Waals surface area contributed by atoms with Gasteiger partial charge < -0.3 is 10.1 Å². The highest BCUT2D eigenvalue weighted by Gasteiger charge is 2.52. The highest BCUT2D eigenvalue weighted by Crippen LogP contribution is 2.49. The number of nitrogens with one attached hydrogen (secondary N) is 1. The van der Waals surface area contributed by atoms with E-state index in [9.17, 15) is 9.59 Å². The van der Waals surface area contributed by atoms with Crippen LogP contribution in [0.1, 0.15) is 108 Å². The molecule has 188 valence electrons. The fourth-order valence-electron chi connectivity index (χ4n) is 7.40. The molecule has 1 N–H and O–H groups in total. The summed E-state index contributed by atoms with van der Waals surface area (Å²) in [5.41, 5.74) is 3.43. The first-order valence-electron chi connectivity index (χ1n) is 14.0. The van der Waals surface area contributed by atoms with Crippen molar-refractivity contribution >= 4 is 11.9 Å². The Bertz CT molecular complexity index is 914. The Morgan fingerprint density at radius 3 is 2.53 bits per heavy atom. The zero-order valence-corrected chi connectivity index (χ0v) is 21.4. The van der Waals surface area contributed by atoms with Crippen LogP contribution in [0.4, 0.5) is 0 Å². The number of nitrogens with zero attached hydrogens (tertiary/aromatic N) is 2. The Balaban J connectivity index is 1.33. The number of carbonyl (C=O) groups is 2. The highest BCUT2D eigenvalue weighted by molar-refractivity contribution is 5.84. The molecule has 0 aromatic carbocycles. The number of hydrogen-bond acceptors (Lipinski definition) is 4. The molecule has 1 amide bonds. The number of rotatable bonds is 7. The minimum Gasteiger partial charge on any atom is -0.466 e. The topological polar surface area (TPSA) is 73.2 Å². The minimum atomic E-state index is -0.571. The Hall–Kier alpha value is -1.85. The van der Waals surface area contributed by atoms with Gasteiger partial charge in [0.2, 0.25) is 5.91 Å². The molecule has 34 heavy (non-hydrogen) atoms. The first-order chi connectivity index (χ1) is 16.4. The maximum Gasteiger partial charge on any atom is 0.311 e. The lowest BCUT2D eigenvalue weighted by molar-refractivity contribution is -0.151. The van der Waals surface area contributed by atoms with Crippen LogP contribution in [0, 0.1) is 23.2 Å². The van der Waals surface area contributed by atoms with Gasteiger partial charge in [0, 0.05) is 23.6 Å². The summed E-state index contributed by atoms with van der Waals surface area (Å²) in [6.07, 6.45) is 15.0. The molecule has 0 aliphatic heterocycles. The quantitative estimate of drug-likeness (QED) is 0.575. The first kappa shape index (κ1) is 23.9. The number of carbonyl (C=O) groups excluding carboxylic acids is 2. The molecule has 3 saturated carbocycles. The van der Waals surface area contributed by atoms with Crippen LogP contribution in [-0.2, 0) is 33.6 Å². The van der Waals surface area contributed by atoms with Crippen LogP contribution in [0.3, 0.4) is 0 Å². The van der Waals surface area contributed by atoms with Crippen molar-refractivity contribution in [3.63, 3.8) is 0 Å². The third kappa shape index (κ3) is 4.42. The Morgan fingerprint density at radius 2 is 1.76 bits per heavy atom. The molecule has 1 heterocycles. The second kappa shape index (κ2) is 9.66. The van der Waals surface area contributed by atoms with Crippen molar-refractivity contribution in [2.75, 3.05) is 6.61 Å². The third-order valence-electron chi connectivity index (χ3n) is 9.21. The van der Waals surface area contributed by atoms with E-state index in [1.165, 1.54) is 56.2 Å². The number of ether oxygens (including phenoxy) is 1. The van der Waals surface area contributed by atoms with Crippen LogP contribution in [0.5, 0.6) is 0 Å². The lowest BCUT2D eigenvalue weighted by atomic mass is 9.81. The summed E-state index contributed by atoms with van der Waals surface area (Å²) < 4.78 is 7.76. The molecule has 4 atom stereocenters. The molecule has 1 aromatic heterocycles. The van der Waals surface area contributed by atoms with Gasteiger partial charge in [-0.1, -0.05) is 33.1 Å². The van der Waals surface area contributed by atoms with Crippen molar-refractivity contribution in [3.05, 3.63) is 17.0 Å². The number of aromatic nitrogens is 2. The number of esters is 1. The Kier molecular flexibility index (Phi) is 6.78. The summed E-state index contributed by atoms with van der Waals surface area (Å²) in [6.45, 7) is 6.34. The van der Waals surface area contributed by atoms with Crippen LogP contribution in [0.15, 0.2) is 0 Å². The Labute approximate surface area is 204 Å². The van der Waals surface area contributed by atoms with Gasteiger partial charge in [-0.2, -0.15) is 5.10 Å². The second-order valence-electron chi connectivity index (χ2n) is 12.0. The molecule has 6 heteroatoms. The summed E-state index contributed by atoms with van der Waals surface area (Å²) in [5.74, 6) is 0.499. The molecule has 5 rings (SSSR count). The molecule has 4 aliphatic carbocycles. The van der Waals surface area contributed by atoms with Crippen molar-refractivity contribution in [2.24, 2.45) is 23.2 Å². The van der Waals surface area contributed by atoms with E-state index in [0.717, 1.165) is 37.8 Å². The molecule has 3 fully saturated rings. The summed E-state index contributed by atoms with van der Waals surface area (Å²) >= 11 is 0. The highest BCUT2D eigenvalue weighted by atomic mass is 16.5. The lowest BCUT2D eigenvalue weighted by Crippen LogP contribution is -2.51. The van der Waals surface area contributed by atoms with Gasteiger partial charge in [-0.25, -0.2) is 0 Å². The molecule has 0 radical (unpaired) electrons. The molecule has 2 bridgehead atoms. The van der Waals surface area contributed by atoms with E-state index >= 15 is 0 Å². The van der Waals surface area contributed by atoms with Crippen molar-refractivity contribution in [3.8, 4) is 0 Å². The van der Waals surface area contributed by atoms with Gasteiger partial charge in [0.1, 0.15) is 0 Å². The largest absolute Gasteiger partial charge is 0.466 e. The maximum atomic E-state index is 13.6. The fourth-order valence-corrected chi connectivity index (χ4v) is 7.40. The van der Waals surface area contributed by atoms with Crippen molar-refractivity contribution in [1.29, 1.82) is 0 Å². The average Bonchev–Trinajstić information content (AvgIpc) is 3.53. The fraction of sp³-hybridized carbons (Fsp3) is 0.821. The van der Waals surface area contributed by atoms with Crippen molar-refractivity contribution < 1.29 is 14.3 Å². The van der Waals surface area contributed by atoms with Crippen LogP contribution in [0.2, 0.25) is 0 Å². The average molecular weight is 470 g/mol. The first-order valence-corrected chi connectivity index (χ1v) is 14.0. The molecular weight excluding hydrogens is 426 g/mol. The van der Waals surface area contributed by atoms with Crippen LogP contribution in [-0.4, -0.2) is 34.3 Å². The third-order valence-corrected chi connectivity index (χ3v) is 9.21. The number of fused-ring (bicyclic) bond motifs is 3. The van der Waals surface area contributed by atoms with Gasteiger partial charge in [-0.05, 0) is 82.1 Å². The molecule has 1 aromatic rings. The zero-order chi connectivity index (χ0) is 23.9. The maximum absolute atomic E-state index is 13.6. The summed E-state index contributed by atoms with van der Waals surface area (Å²) in [7, 11) is 0. The van der Waals surface area contributed by atoms with Crippen molar-refractivity contribution in [2.45, 2.75) is 116 Å². The Morgan fingerprint density at radius 1 is 1.03 bits per heavy atom. The summed E-state index contributed by atoms with van der Waals surface area (Å²) in [6, 6.07) is 0.448. The van der Waals surface area contributed by atoms with Crippen molar-refractivity contribution in [1.82, 2.24) is 15.1 Å². The normalized spacial score (nSPS) is 29.1. The van der Waals surface area contributed by atoms with Gasteiger partial charge >= 0.3 is 5.97 Å². The predicted molar refractivity (Wildman–Crippen MR) is 131 cm³/mol. The zero-order valence-electron chi connectivity index (χ0n) is 21.4. The SMILES string of the molecule is CCOC(=O)[C@H]1C2CCC(C2)[C@H]1NC(=O)C(C)(C)Cc1nn(C2CCCCC2)c2c1CCCC2. The molecule has 0 saturated heterocycles. The van der Waals surface area contributed by atoms with E-state index in [4.69, 9.17) is 9.84 Å². The standard InChI is InChI=1S/C28H43N3O3/c1-4-34-26(32)24-18-14-15-19(16-18)25(24)29-27(33)28(2,3)17-22-21-12-8-9-13-23(21)31(30-22)20-10-6-5-7-11-20/h18-20,24-25H,4-17H2,1-3H3,(H,29,33)/t18?,19?,24-,25+/m0/s1. The van der Waals surface area contributed by atoms with Gasteiger partial charge in [0.15, 0.2) is 0 Å². The van der Waals surface area contributed by atoms with Gasteiger partial charge in [-0.3, -0.25) is 14.3 Å². The molecule has 4 aliphatic rings. The molecule has 0 spiro atoms. The monoisotopic (exact) mass is 469 g/mol. The molecular formula is C28H43N3O3. The van der Waals surface area contributed by atoms with Crippen LogP contribution in [0.25, 0.3) is 0 Å². The van der Waals surface area contributed by atoms with E-state index in [1.54, 1.807) is 0 Å². The van der Waals surface area contributed by atoms with Gasteiger partial charge in [0.05, 0.1) is 24.3 Å². The van der Waals surface area contributed by atoms with E-state index in [-0.39, 0.29) is 23.8 Å². The minimum absolute atomic E-state index is 0.0520. The molecule has 6 nitrogen and oxygen atoms in total. The van der Waals surface area contributed by atoms with E-state index < -0.39 is 5.41 Å².